The zero-order valence-corrected chi connectivity index (χ0v) is 8.85. The van der Waals surface area contributed by atoms with E-state index in [1.807, 2.05) is 19.1 Å². The first-order valence-electron chi connectivity index (χ1n) is 4.50. The lowest BCUT2D eigenvalue weighted by Crippen LogP contribution is -2.10. The highest BCUT2D eigenvalue weighted by Gasteiger charge is 2.16. The Morgan fingerprint density at radius 2 is 1.92 bits per heavy atom. The van der Waals surface area contributed by atoms with Gasteiger partial charge in [-0.25, -0.2) is 0 Å². The Morgan fingerprint density at radius 1 is 1.33 bits per heavy atom. The predicted octanol–water partition coefficient (Wildman–Crippen LogP) is 3.88. The summed E-state index contributed by atoms with van der Waals surface area (Å²) < 4.78 is 5.48. The fraction of sp³-hybridized carbons (Fsp3) is 0.636. The molecule has 70 valence electrons. The summed E-state index contributed by atoms with van der Waals surface area (Å²) >= 11 is 0. The van der Waals surface area contributed by atoms with Crippen LogP contribution in [0.5, 0.6) is 0 Å². The average Bonchev–Trinajstić information content (AvgIpc) is 1.95. The van der Waals surface area contributed by atoms with Gasteiger partial charge in [-0.15, -0.1) is 0 Å². The van der Waals surface area contributed by atoms with Gasteiger partial charge in [0.25, 0.3) is 0 Å². The number of ether oxygens (including phenoxy) is 1. The number of allylic oxidation sites excluding steroid dienone is 3. The molecule has 0 rings (SSSR count). The van der Waals surface area contributed by atoms with E-state index >= 15 is 0 Å². The molecule has 12 heavy (non-hydrogen) atoms. The van der Waals surface area contributed by atoms with Crippen LogP contribution in [0.4, 0.5) is 0 Å². The lowest BCUT2D eigenvalue weighted by molar-refractivity contribution is 0.244. The van der Waals surface area contributed by atoms with E-state index in [2.05, 4.69) is 27.7 Å². The fourth-order valence-corrected chi connectivity index (χ4v) is 0.895. The van der Waals surface area contributed by atoms with Gasteiger partial charge in [0.15, 0.2) is 0 Å². The number of rotatable bonds is 3. The topological polar surface area (TPSA) is 9.23 Å². The SMILES string of the molecule is C/C=C(\O/C=C/CC)C(C)(C)C. The molecule has 1 heteroatoms. The second-order valence-electron chi connectivity index (χ2n) is 3.80. The molecule has 0 bridgehead atoms. The van der Waals surface area contributed by atoms with Crippen LogP contribution in [-0.4, -0.2) is 0 Å². The second kappa shape index (κ2) is 5.02. The Balaban J connectivity index is 4.13. The minimum Gasteiger partial charge on any atom is -0.469 e. The van der Waals surface area contributed by atoms with E-state index in [0.717, 1.165) is 12.2 Å². The van der Waals surface area contributed by atoms with Gasteiger partial charge in [0, 0.05) is 5.41 Å². The van der Waals surface area contributed by atoms with Gasteiger partial charge in [-0.3, -0.25) is 0 Å². The van der Waals surface area contributed by atoms with E-state index in [1.165, 1.54) is 0 Å². The van der Waals surface area contributed by atoms with E-state index < -0.39 is 0 Å². The summed E-state index contributed by atoms with van der Waals surface area (Å²) in [5, 5.41) is 0. The first-order valence-corrected chi connectivity index (χ1v) is 4.50. The van der Waals surface area contributed by atoms with Crippen LogP contribution in [0, 0.1) is 5.41 Å². The monoisotopic (exact) mass is 168 g/mol. The van der Waals surface area contributed by atoms with Crippen molar-refractivity contribution >= 4 is 0 Å². The maximum atomic E-state index is 5.48. The van der Waals surface area contributed by atoms with Crippen molar-refractivity contribution in [1.29, 1.82) is 0 Å². The summed E-state index contributed by atoms with van der Waals surface area (Å²) in [6.07, 6.45) is 6.80. The summed E-state index contributed by atoms with van der Waals surface area (Å²) in [7, 11) is 0. The summed E-state index contributed by atoms with van der Waals surface area (Å²) in [5.41, 5.74) is 0.104. The van der Waals surface area contributed by atoms with E-state index in [9.17, 15) is 0 Å². The quantitative estimate of drug-likeness (QED) is 0.581. The van der Waals surface area contributed by atoms with Crippen molar-refractivity contribution in [2.75, 3.05) is 0 Å². The van der Waals surface area contributed by atoms with Crippen molar-refractivity contribution in [3.8, 4) is 0 Å². The van der Waals surface area contributed by atoms with Crippen molar-refractivity contribution in [3.05, 3.63) is 24.2 Å². The van der Waals surface area contributed by atoms with Gasteiger partial charge in [-0.1, -0.05) is 27.7 Å². The van der Waals surface area contributed by atoms with Crippen molar-refractivity contribution < 1.29 is 4.74 Å². The molecule has 0 aromatic rings. The van der Waals surface area contributed by atoms with Crippen LogP contribution in [-0.2, 0) is 4.74 Å². The smallest absolute Gasteiger partial charge is 0.104 e. The summed E-state index contributed by atoms with van der Waals surface area (Å²) in [6, 6.07) is 0. The third kappa shape index (κ3) is 4.22. The molecule has 0 aromatic heterocycles. The number of hydrogen-bond acceptors (Lipinski definition) is 1. The highest BCUT2D eigenvalue weighted by Crippen LogP contribution is 2.25. The Morgan fingerprint density at radius 3 is 2.25 bits per heavy atom. The number of hydrogen-bond donors (Lipinski definition) is 0. The predicted molar refractivity (Wildman–Crippen MR) is 53.7 cm³/mol. The van der Waals surface area contributed by atoms with Crippen LogP contribution >= 0.6 is 0 Å². The molecular formula is C11H20O. The Kier molecular flexibility index (Phi) is 4.72. The van der Waals surface area contributed by atoms with Gasteiger partial charge in [0.1, 0.15) is 5.76 Å². The molecule has 0 heterocycles. The molecule has 0 fully saturated rings. The van der Waals surface area contributed by atoms with Crippen LogP contribution in [0.3, 0.4) is 0 Å². The van der Waals surface area contributed by atoms with Crippen LogP contribution < -0.4 is 0 Å². The minimum atomic E-state index is 0.104. The largest absolute Gasteiger partial charge is 0.469 e. The maximum absolute atomic E-state index is 5.48. The van der Waals surface area contributed by atoms with Crippen LogP contribution in [0.2, 0.25) is 0 Å². The third-order valence-electron chi connectivity index (χ3n) is 1.53. The lowest BCUT2D eigenvalue weighted by Gasteiger charge is -2.20. The standard InChI is InChI=1S/C11H20O/c1-6-8-9-12-10(7-2)11(3,4)5/h7-9H,6H2,1-5H3/b9-8+,10-7-. The summed E-state index contributed by atoms with van der Waals surface area (Å²) in [6.45, 7) is 10.5. The second-order valence-corrected chi connectivity index (χ2v) is 3.80. The van der Waals surface area contributed by atoms with Gasteiger partial charge in [-0.2, -0.15) is 0 Å². The first-order chi connectivity index (χ1) is 5.52. The summed E-state index contributed by atoms with van der Waals surface area (Å²) in [4.78, 5) is 0. The van der Waals surface area contributed by atoms with Gasteiger partial charge in [-0.05, 0) is 25.5 Å². The molecule has 0 saturated carbocycles. The Hall–Kier alpha value is -0.720. The van der Waals surface area contributed by atoms with E-state index in [4.69, 9.17) is 4.74 Å². The van der Waals surface area contributed by atoms with Gasteiger partial charge >= 0.3 is 0 Å². The van der Waals surface area contributed by atoms with Crippen molar-refractivity contribution in [3.63, 3.8) is 0 Å². The molecule has 0 N–H and O–H groups in total. The van der Waals surface area contributed by atoms with E-state index in [1.54, 1.807) is 6.26 Å². The average molecular weight is 168 g/mol. The molecule has 0 atom stereocenters. The van der Waals surface area contributed by atoms with Crippen LogP contribution in [0.15, 0.2) is 24.2 Å². The van der Waals surface area contributed by atoms with Gasteiger partial charge in [0.05, 0.1) is 6.26 Å². The molecule has 0 aliphatic heterocycles. The highest BCUT2D eigenvalue weighted by molar-refractivity contribution is 5.02. The molecule has 0 unspecified atom stereocenters. The molecular weight excluding hydrogens is 148 g/mol. The third-order valence-corrected chi connectivity index (χ3v) is 1.53. The van der Waals surface area contributed by atoms with E-state index in [-0.39, 0.29) is 5.41 Å². The molecule has 0 spiro atoms. The van der Waals surface area contributed by atoms with E-state index in [0.29, 0.717) is 0 Å². The van der Waals surface area contributed by atoms with Crippen LogP contribution in [0.25, 0.3) is 0 Å². The lowest BCUT2D eigenvalue weighted by atomic mass is 9.94. The van der Waals surface area contributed by atoms with Crippen molar-refractivity contribution in [2.45, 2.75) is 41.0 Å². The Bertz CT molecular complexity index is 170. The molecule has 1 nitrogen and oxygen atoms in total. The molecule has 0 saturated heterocycles. The summed E-state index contributed by atoms with van der Waals surface area (Å²) in [5.74, 6) is 1.02. The van der Waals surface area contributed by atoms with Gasteiger partial charge < -0.3 is 4.74 Å². The molecule has 0 amide bonds. The zero-order valence-electron chi connectivity index (χ0n) is 8.85. The zero-order chi connectivity index (χ0) is 9.61. The van der Waals surface area contributed by atoms with Crippen LogP contribution in [0.1, 0.15) is 41.0 Å². The first kappa shape index (κ1) is 11.3. The molecule has 0 radical (unpaired) electrons. The molecule has 0 aliphatic carbocycles. The van der Waals surface area contributed by atoms with Crippen molar-refractivity contribution in [1.82, 2.24) is 0 Å². The van der Waals surface area contributed by atoms with Crippen molar-refractivity contribution in [2.24, 2.45) is 5.41 Å². The van der Waals surface area contributed by atoms with Gasteiger partial charge in [0.2, 0.25) is 0 Å². The molecule has 0 aromatic carbocycles. The molecule has 0 aliphatic rings. The maximum Gasteiger partial charge on any atom is 0.104 e. The fourth-order valence-electron chi connectivity index (χ4n) is 0.895. The normalized spacial score (nSPS) is 13.9. The Labute approximate surface area is 76.1 Å². The highest BCUT2D eigenvalue weighted by atomic mass is 16.5. The minimum absolute atomic E-state index is 0.104.